The van der Waals surface area contributed by atoms with Crippen LogP contribution in [0, 0.1) is 0 Å². The van der Waals surface area contributed by atoms with E-state index in [-0.39, 0.29) is 18.1 Å². The molecule has 5 aromatic rings. The molecule has 0 heterocycles. The minimum Gasteiger partial charge on any atom is -0.329 e. The zero-order chi connectivity index (χ0) is 27.1. The van der Waals surface area contributed by atoms with Gasteiger partial charge in [-0.2, -0.15) is 0 Å². The zero-order valence-corrected chi connectivity index (χ0v) is 21.7. The standard InChI is InChI=1S/C36H31NO2/c37-26-36(31-24-14-5-15-25-31,35(39)30-22-12-4-13-23-30)33(28-18-8-2-9-19-28)32(27-16-6-1-7-17-27)34(38)29-20-10-3-11-21-29/h1-25,32-33H,26,37H2. The molecular weight excluding hydrogens is 478 g/mol. The number of carbonyl (C=O) groups excluding carboxylic acids is 2. The van der Waals surface area contributed by atoms with Gasteiger partial charge < -0.3 is 5.73 Å². The minimum absolute atomic E-state index is 0.0235. The second-order valence-corrected chi connectivity index (χ2v) is 9.74. The van der Waals surface area contributed by atoms with Gasteiger partial charge in [-0.05, 0) is 16.7 Å². The molecule has 0 saturated heterocycles. The topological polar surface area (TPSA) is 60.2 Å². The first kappa shape index (κ1) is 26.0. The minimum atomic E-state index is -1.23. The second kappa shape index (κ2) is 11.8. The van der Waals surface area contributed by atoms with Crippen LogP contribution in [-0.4, -0.2) is 18.1 Å². The van der Waals surface area contributed by atoms with Gasteiger partial charge in [-0.15, -0.1) is 0 Å². The molecule has 5 rings (SSSR count). The third kappa shape index (κ3) is 5.09. The van der Waals surface area contributed by atoms with E-state index in [1.165, 1.54) is 0 Å². The number of nitrogens with two attached hydrogens (primary N) is 1. The van der Waals surface area contributed by atoms with Crippen molar-refractivity contribution >= 4 is 11.6 Å². The first-order chi connectivity index (χ1) is 19.2. The zero-order valence-electron chi connectivity index (χ0n) is 21.7. The number of hydrogen-bond donors (Lipinski definition) is 1. The average molecular weight is 510 g/mol. The SMILES string of the molecule is NCC(C(=O)c1ccccc1)(c1ccccc1)C(c1ccccc1)C(C(=O)c1ccccc1)c1ccccc1. The van der Waals surface area contributed by atoms with E-state index >= 15 is 0 Å². The van der Waals surface area contributed by atoms with Gasteiger partial charge in [0.2, 0.25) is 0 Å². The van der Waals surface area contributed by atoms with Gasteiger partial charge in [-0.1, -0.05) is 152 Å². The molecule has 192 valence electrons. The summed E-state index contributed by atoms with van der Waals surface area (Å²) in [6.45, 7) is 0.0235. The fourth-order valence-electron chi connectivity index (χ4n) is 5.73. The summed E-state index contributed by atoms with van der Waals surface area (Å²) >= 11 is 0. The first-order valence-electron chi connectivity index (χ1n) is 13.2. The van der Waals surface area contributed by atoms with Crippen molar-refractivity contribution in [3.05, 3.63) is 179 Å². The predicted octanol–water partition coefficient (Wildman–Crippen LogP) is 7.22. The van der Waals surface area contributed by atoms with Crippen LogP contribution in [0.2, 0.25) is 0 Å². The maximum atomic E-state index is 14.8. The Morgan fingerprint density at radius 3 is 1.44 bits per heavy atom. The summed E-state index contributed by atoms with van der Waals surface area (Å²) in [5, 5.41) is 0. The van der Waals surface area contributed by atoms with E-state index in [2.05, 4.69) is 0 Å². The quantitative estimate of drug-likeness (QED) is 0.202. The van der Waals surface area contributed by atoms with Gasteiger partial charge in [-0.25, -0.2) is 0 Å². The molecule has 0 aliphatic heterocycles. The predicted molar refractivity (Wildman–Crippen MR) is 157 cm³/mol. The molecule has 0 aromatic heterocycles. The Bertz CT molecular complexity index is 1500. The van der Waals surface area contributed by atoms with Gasteiger partial charge in [0.15, 0.2) is 11.6 Å². The Hall–Kier alpha value is -4.60. The number of carbonyl (C=O) groups is 2. The lowest BCUT2D eigenvalue weighted by Crippen LogP contribution is -2.51. The number of hydrogen-bond acceptors (Lipinski definition) is 3. The Kier molecular flexibility index (Phi) is 7.91. The Labute approximate surface area is 230 Å². The van der Waals surface area contributed by atoms with Crippen molar-refractivity contribution in [1.82, 2.24) is 0 Å². The van der Waals surface area contributed by atoms with Gasteiger partial charge in [0.05, 0.1) is 11.3 Å². The summed E-state index contributed by atoms with van der Waals surface area (Å²) in [6, 6.07) is 47.9. The number of ketones is 2. The third-order valence-electron chi connectivity index (χ3n) is 7.57. The molecule has 0 amide bonds. The van der Waals surface area contributed by atoms with E-state index in [0.29, 0.717) is 11.1 Å². The molecule has 3 heteroatoms. The van der Waals surface area contributed by atoms with Crippen molar-refractivity contribution in [2.45, 2.75) is 17.3 Å². The summed E-state index contributed by atoms with van der Waals surface area (Å²) in [5.41, 5.74) is 9.18. The van der Waals surface area contributed by atoms with E-state index in [9.17, 15) is 9.59 Å². The van der Waals surface area contributed by atoms with Gasteiger partial charge in [0.25, 0.3) is 0 Å². The van der Waals surface area contributed by atoms with Crippen LogP contribution in [0.1, 0.15) is 49.2 Å². The molecule has 0 bridgehead atoms. The maximum absolute atomic E-state index is 14.8. The van der Waals surface area contributed by atoms with E-state index in [1.54, 1.807) is 0 Å². The van der Waals surface area contributed by atoms with Gasteiger partial charge in [-0.3, -0.25) is 9.59 Å². The van der Waals surface area contributed by atoms with Crippen LogP contribution in [0.5, 0.6) is 0 Å². The molecule has 3 nitrogen and oxygen atoms in total. The summed E-state index contributed by atoms with van der Waals surface area (Å²) in [6.07, 6.45) is 0. The molecule has 0 radical (unpaired) electrons. The fourth-order valence-corrected chi connectivity index (χ4v) is 5.73. The second-order valence-electron chi connectivity index (χ2n) is 9.74. The largest absolute Gasteiger partial charge is 0.329 e. The van der Waals surface area contributed by atoms with Crippen LogP contribution in [0.4, 0.5) is 0 Å². The van der Waals surface area contributed by atoms with Crippen LogP contribution in [0.25, 0.3) is 0 Å². The molecule has 0 aliphatic rings. The summed E-state index contributed by atoms with van der Waals surface area (Å²) in [5.74, 6) is -1.42. The highest BCUT2D eigenvalue weighted by atomic mass is 16.1. The highest BCUT2D eigenvalue weighted by molar-refractivity contribution is 6.08. The molecule has 3 unspecified atom stereocenters. The molecule has 39 heavy (non-hydrogen) atoms. The Morgan fingerprint density at radius 1 is 0.538 bits per heavy atom. The third-order valence-corrected chi connectivity index (χ3v) is 7.57. The molecule has 0 spiro atoms. The molecule has 2 N–H and O–H groups in total. The summed E-state index contributed by atoms with van der Waals surface area (Å²) in [4.78, 5) is 29.4. The van der Waals surface area contributed by atoms with Crippen molar-refractivity contribution in [1.29, 1.82) is 0 Å². The van der Waals surface area contributed by atoms with Crippen LogP contribution in [0.15, 0.2) is 152 Å². The van der Waals surface area contributed by atoms with Gasteiger partial charge in [0.1, 0.15) is 0 Å². The lowest BCUT2D eigenvalue weighted by atomic mass is 9.57. The maximum Gasteiger partial charge on any atom is 0.175 e. The van der Waals surface area contributed by atoms with Gasteiger partial charge >= 0.3 is 0 Å². The molecule has 0 fully saturated rings. The van der Waals surface area contributed by atoms with Crippen LogP contribution >= 0.6 is 0 Å². The monoisotopic (exact) mass is 509 g/mol. The lowest BCUT2D eigenvalue weighted by molar-refractivity contribution is 0.0817. The van der Waals surface area contributed by atoms with Crippen LogP contribution in [-0.2, 0) is 5.41 Å². The summed E-state index contributed by atoms with van der Waals surface area (Å²) in [7, 11) is 0. The highest BCUT2D eigenvalue weighted by Crippen LogP contribution is 2.50. The Morgan fingerprint density at radius 2 is 0.949 bits per heavy atom. The molecule has 0 saturated carbocycles. The molecular formula is C36H31NO2. The lowest BCUT2D eigenvalue weighted by Gasteiger charge is -2.43. The van der Waals surface area contributed by atoms with Crippen molar-refractivity contribution < 1.29 is 9.59 Å². The fraction of sp³-hybridized carbons (Fsp3) is 0.111. The van der Waals surface area contributed by atoms with E-state index in [1.807, 2.05) is 152 Å². The highest BCUT2D eigenvalue weighted by Gasteiger charge is 2.52. The van der Waals surface area contributed by atoms with Crippen molar-refractivity contribution in [2.24, 2.45) is 5.73 Å². The molecule has 5 aromatic carbocycles. The van der Waals surface area contributed by atoms with Crippen LogP contribution in [0.3, 0.4) is 0 Å². The average Bonchev–Trinajstić information content (AvgIpc) is 3.03. The van der Waals surface area contributed by atoms with Crippen molar-refractivity contribution in [2.75, 3.05) is 6.54 Å². The first-order valence-corrected chi connectivity index (χ1v) is 13.2. The Balaban J connectivity index is 1.85. The number of benzene rings is 5. The molecule has 3 atom stereocenters. The van der Waals surface area contributed by atoms with Gasteiger partial charge in [0, 0.05) is 23.6 Å². The van der Waals surface area contributed by atoms with E-state index < -0.39 is 17.3 Å². The van der Waals surface area contributed by atoms with E-state index in [0.717, 1.165) is 16.7 Å². The smallest absolute Gasteiger partial charge is 0.175 e. The number of Topliss-reactive ketones (excluding diaryl/α,β-unsaturated/α-hetero) is 2. The molecule has 0 aliphatic carbocycles. The summed E-state index contributed by atoms with van der Waals surface area (Å²) < 4.78 is 0. The van der Waals surface area contributed by atoms with E-state index in [4.69, 9.17) is 5.73 Å². The van der Waals surface area contributed by atoms with Crippen molar-refractivity contribution in [3.63, 3.8) is 0 Å². The van der Waals surface area contributed by atoms with Crippen LogP contribution < -0.4 is 5.73 Å². The van der Waals surface area contributed by atoms with Crippen molar-refractivity contribution in [3.8, 4) is 0 Å². The normalized spacial score (nSPS) is 14.1. The number of rotatable bonds is 10.